The van der Waals surface area contributed by atoms with Crippen molar-refractivity contribution in [1.82, 2.24) is 10.3 Å². The van der Waals surface area contributed by atoms with Gasteiger partial charge in [0.1, 0.15) is 5.15 Å². The summed E-state index contributed by atoms with van der Waals surface area (Å²) in [5.41, 5.74) is 0.877. The molecular formula is C12H18ClN3O. The quantitative estimate of drug-likeness (QED) is 0.767. The summed E-state index contributed by atoms with van der Waals surface area (Å²) >= 11 is 5.74. The summed E-state index contributed by atoms with van der Waals surface area (Å²) in [5.74, 6) is 0.539. The molecule has 0 fully saturated rings. The Balaban J connectivity index is 2.21. The van der Waals surface area contributed by atoms with Crippen LogP contribution in [0.4, 0.5) is 5.69 Å². The highest BCUT2D eigenvalue weighted by Gasteiger charge is 2.02. The van der Waals surface area contributed by atoms with E-state index in [4.69, 9.17) is 11.6 Å². The first-order valence-corrected chi connectivity index (χ1v) is 6.08. The third-order valence-electron chi connectivity index (χ3n) is 2.12. The van der Waals surface area contributed by atoms with Crippen LogP contribution < -0.4 is 10.6 Å². The van der Waals surface area contributed by atoms with Gasteiger partial charge in [0.15, 0.2) is 0 Å². The van der Waals surface area contributed by atoms with Crippen molar-refractivity contribution in [2.75, 3.05) is 18.4 Å². The van der Waals surface area contributed by atoms with Gasteiger partial charge in [0.05, 0.1) is 0 Å². The van der Waals surface area contributed by atoms with Crippen LogP contribution in [-0.2, 0) is 4.79 Å². The molecule has 1 amide bonds. The molecule has 0 radical (unpaired) electrons. The van der Waals surface area contributed by atoms with Crippen molar-refractivity contribution in [1.29, 1.82) is 0 Å². The van der Waals surface area contributed by atoms with Gasteiger partial charge in [-0.3, -0.25) is 4.79 Å². The number of anilines is 1. The Morgan fingerprint density at radius 2 is 2.29 bits per heavy atom. The summed E-state index contributed by atoms with van der Waals surface area (Å²) in [4.78, 5) is 15.3. The van der Waals surface area contributed by atoms with Gasteiger partial charge in [0, 0.05) is 31.4 Å². The fraction of sp³-hybridized carbons (Fsp3) is 0.500. The lowest BCUT2D eigenvalue weighted by molar-refractivity contribution is -0.120. The van der Waals surface area contributed by atoms with Crippen LogP contribution >= 0.6 is 11.6 Å². The number of hydrogen-bond donors (Lipinski definition) is 2. The minimum absolute atomic E-state index is 0.0614. The number of carbonyl (C=O) groups is 1. The minimum atomic E-state index is 0.0614. The van der Waals surface area contributed by atoms with Crippen molar-refractivity contribution in [3.8, 4) is 0 Å². The molecule has 0 spiro atoms. The van der Waals surface area contributed by atoms with Crippen molar-refractivity contribution in [3.63, 3.8) is 0 Å². The Morgan fingerprint density at radius 1 is 1.53 bits per heavy atom. The minimum Gasteiger partial charge on any atom is -0.384 e. The molecule has 0 saturated heterocycles. The van der Waals surface area contributed by atoms with E-state index in [0.717, 1.165) is 12.2 Å². The highest BCUT2D eigenvalue weighted by molar-refractivity contribution is 6.29. The molecule has 0 atom stereocenters. The fourth-order valence-corrected chi connectivity index (χ4v) is 1.41. The molecular weight excluding hydrogens is 238 g/mol. The zero-order valence-corrected chi connectivity index (χ0v) is 10.9. The molecule has 1 rings (SSSR count). The molecule has 0 saturated carbocycles. The SMILES string of the molecule is CC(C)CNC(=O)CCNc1ccnc(Cl)c1. The lowest BCUT2D eigenvalue weighted by atomic mass is 10.2. The van der Waals surface area contributed by atoms with Gasteiger partial charge in [-0.25, -0.2) is 4.98 Å². The van der Waals surface area contributed by atoms with Crippen molar-refractivity contribution in [3.05, 3.63) is 23.5 Å². The lowest BCUT2D eigenvalue weighted by Gasteiger charge is -2.09. The monoisotopic (exact) mass is 255 g/mol. The number of rotatable bonds is 6. The zero-order valence-electron chi connectivity index (χ0n) is 10.2. The Labute approximate surface area is 107 Å². The number of pyridine rings is 1. The van der Waals surface area contributed by atoms with Gasteiger partial charge in [0.2, 0.25) is 5.91 Å². The molecule has 1 aromatic rings. The molecule has 94 valence electrons. The largest absolute Gasteiger partial charge is 0.384 e. The highest BCUT2D eigenvalue weighted by atomic mass is 35.5. The number of halogens is 1. The van der Waals surface area contributed by atoms with E-state index in [1.54, 1.807) is 12.3 Å². The maximum atomic E-state index is 11.4. The first-order valence-electron chi connectivity index (χ1n) is 5.70. The molecule has 0 aliphatic heterocycles. The Morgan fingerprint density at radius 3 is 2.94 bits per heavy atom. The number of nitrogens with one attached hydrogen (secondary N) is 2. The van der Waals surface area contributed by atoms with E-state index in [2.05, 4.69) is 29.5 Å². The molecule has 0 aliphatic rings. The van der Waals surface area contributed by atoms with E-state index in [1.807, 2.05) is 6.07 Å². The number of hydrogen-bond acceptors (Lipinski definition) is 3. The Bertz CT molecular complexity index is 369. The lowest BCUT2D eigenvalue weighted by Crippen LogP contribution is -2.28. The molecule has 5 heteroatoms. The molecule has 1 aromatic heterocycles. The molecule has 0 aliphatic carbocycles. The standard InChI is InChI=1S/C12H18ClN3O/c1-9(2)8-16-12(17)4-6-14-10-3-5-15-11(13)7-10/h3,5,7,9H,4,6,8H2,1-2H3,(H,14,15)(H,16,17). The van der Waals surface area contributed by atoms with Crippen molar-refractivity contribution >= 4 is 23.2 Å². The second-order valence-corrected chi connectivity index (χ2v) is 4.63. The molecule has 1 heterocycles. The van der Waals surface area contributed by atoms with E-state index < -0.39 is 0 Å². The van der Waals surface area contributed by atoms with Gasteiger partial charge < -0.3 is 10.6 Å². The summed E-state index contributed by atoms with van der Waals surface area (Å²) in [5, 5.41) is 6.42. The fourth-order valence-electron chi connectivity index (χ4n) is 1.24. The zero-order chi connectivity index (χ0) is 12.7. The Hall–Kier alpha value is -1.29. The average molecular weight is 256 g/mol. The van der Waals surface area contributed by atoms with Crippen LogP contribution in [0.25, 0.3) is 0 Å². The van der Waals surface area contributed by atoms with E-state index >= 15 is 0 Å². The second-order valence-electron chi connectivity index (χ2n) is 4.24. The van der Waals surface area contributed by atoms with Crippen LogP contribution in [-0.4, -0.2) is 24.0 Å². The van der Waals surface area contributed by atoms with Crippen LogP contribution in [0.15, 0.2) is 18.3 Å². The molecule has 0 aromatic carbocycles. The molecule has 0 unspecified atom stereocenters. The van der Waals surface area contributed by atoms with Crippen LogP contribution in [0, 0.1) is 5.92 Å². The van der Waals surface area contributed by atoms with Gasteiger partial charge in [-0.2, -0.15) is 0 Å². The third-order valence-corrected chi connectivity index (χ3v) is 2.32. The summed E-state index contributed by atoms with van der Waals surface area (Å²) in [6.07, 6.45) is 2.08. The maximum Gasteiger partial charge on any atom is 0.221 e. The van der Waals surface area contributed by atoms with Crippen LogP contribution in [0.3, 0.4) is 0 Å². The van der Waals surface area contributed by atoms with Crippen molar-refractivity contribution in [2.45, 2.75) is 20.3 Å². The van der Waals surface area contributed by atoms with E-state index in [0.29, 0.717) is 24.0 Å². The van der Waals surface area contributed by atoms with Crippen molar-refractivity contribution < 1.29 is 4.79 Å². The van der Waals surface area contributed by atoms with E-state index in [-0.39, 0.29) is 5.91 Å². The molecule has 0 bridgehead atoms. The topological polar surface area (TPSA) is 54.0 Å². The summed E-state index contributed by atoms with van der Waals surface area (Å²) in [7, 11) is 0. The summed E-state index contributed by atoms with van der Waals surface area (Å²) < 4.78 is 0. The molecule has 2 N–H and O–H groups in total. The van der Waals surface area contributed by atoms with Gasteiger partial charge in [-0.1, -0.05) is 25.4 Å². The smallest absolute Gasteiger partial charge is 0.221 e. The second kappa shape index (κ2) is 7.12. The number of nitrogens with zero attached hydrogens (tertiary/aromatic N) is 1. The number of aromatic nitrogens is 1. The van der Waals surface area contributed by atoms with E-state index in [1.165, 1.54) is 0 Å². The van der Waals surface area contributed by atoms with Gasteiger partial charge in [-0.05, 0) is 18.1 Å². The van der Waals surface area contributed by atoms with Gasteiger partial charge in [-0.15, -0.1) is 0 Å². The summed E-state index contributed by atoms with van der Waals surface area (Å²) in [6, 6.07) is 3.55. The highest BCUT2D eigenvalue weighted by Crippen LogP contribution is 2.11. The molecule has 4 nitrogen and oxygen atoms in total. The van der Waals surface area contributed by atoms with E-state index in [9.17, 15) is 4.79 Å². The Kier molecular flexibility index (Phi) is 5.77. The number of carbonyl (C=O) groups excluding carboxylic acids is 1. The number of amides is 1. The maximum absolute atomic E-state index is 11.4. The average Bonchev–Trinajstić information content (AvgIpc) is 2.26. The van der Waals surface area contributed by atoms with Crippen LogP contribution in [0.2, 0.25) is 5.15 Å². The third kappa shape index (κ3) is 6.12. The first kappa shape index (κ1) is 13.8. The molecule has 17 heavy (non-hydrogen) atoms. The first-order chi connectivity index (χ1) is 8.08. The predicted molar refractivity (Wildman–Crippen MR) is 70.2 cm³/mol. The normalized spacial score (nSPS) is 10.4. The van der Waals surface area contributed by atoms with Gasteiger partial charge >= 0.3 is 0 Å². The predicted octanol–water partition coefficient (Wildman–Crippen LogP) is 2.31. The van der Waals surface area contributed by atoms with Crippen LogP contribution in [0.1, 0.15) is 20.3 Å². The van der Waals surface area contributed by atoms with Crippen molar-refractivity contribution in [2.24, 2.45) is 5.92 Å². The van der Waals surface area contributed by atoms with Crippen LogP contribution in [0.5, 0.6) is 0 Å². The van der Waals surface area contributed by atoms with Gasteiger partial charge in [0.25, 0.3) is 0 Å². The summed E-state index contributed by atoms with van der Waals surface area (Å²) in [6.45, 7) is 5.44.